The molecule has 2 N–H and O–H groups in total. The van der Waals surface area contributed by atoms with E-state index in [2.05, 4.69) is 95.8 Å². The minimum atomic E-state index is -0.140. The molecule has 1 aliphatic rings. The molecule has 33 heavy (non-hydrogen) atoms. The minimum Gasteiger partial charge on any atom is -0.507 e. The first-order chi connectivity index (χ1) is 14.9. The Labute approximate surface area is 211 Å². The molecule has 182 valence electrons. The third-order valence-corrected chi connectivity index (χ3v) is 6.83. The molecule has 0 bridgehead atoms. The average molecular weight is 516 g/mol. The smallest absolute Gasteiger partial charge is 0.123 e. The van der Waals surface area contributed by atoms with Gasteiger partial charge in [-0.2, -0.15) is 0 Å². The monoisotopic (exact) mass is 514 g/mol. The largest absolute Gasteiger partial charge is 0.507 e. The predicted molar refractivity (Wildman–Crippen MR) is 146 cm³/mol. The number of rotatable bonds is 6. The van der Waals surface area contributed by atoms with Crippen LogP contribution in [0, 0.1) is 17.2 Å². The molecule has 3 nitrogen and oxygen atoms in total. The van der Waals surface area contributed by atoms with E-state index in [9.17, 15) is 5.11 Å². The number of benzene rings is 2. The maximum absolute atomic E-state index is 11.1. The lowest BCUT2D eigenvalue weighted by atomic mass is 9.78. The van der Waals surface area contributed by atoms with Crippen molar-refractivity contribution in [2.24, 2.45) is 11.8 Å². The van der Waals surface area contributed by atoms with Crippen LogP contribution in [-0.4, -0.2) is 22.4 Å². The van der Waals surface area contributed by atoms with Crippen molar-refractivity contribution < 1.29 is 5.11 Å². The Kier molecular flexibility index (Phi) is 8.84. The topological polar surface area (TPSA) is 47.3 Å². The van der Waals surface area contributed by atoms with Crippen LogP contribution < -0.4 is 0 Å². The first-order valence-electron chi connectivity index (χ1n) is 12.2. The van der Waals surface area contributed by atoms with Crippen molar-refractivity contribution in [1.29, 1.82) is 5.41 Å². The summed E-state index contributed by atoms with van der Waals surface area (Å²) >= 11 is 0. The van der Waals surface area contributed by atoms with Crippen molar-refractivity contribution in [2.45, 2.75) is 85.1 Å². The Hall–Kier alpha value is -1.81. The first kappa shape index (κ1) is 27.4. The van der Waals surface area contributed by atoms with Gasteiger partial charge < -0.3 is 10.0 Å². The maximum atomic E-state index is 11.1. The van der Waals surface area contributed by atoms with Crippen LogP contribution in [0.1, 0.15) is 83.6 Å². The van der Waals surface area contributed by atoms with E-state index >= 15 is 0 Å². The van der Waals surface area contributed by atoms with Gasteiger partial charge in [0.1, 0.15) is 5.75 Å². The number of likely N-dealkylation sites (tertiary alicyclic amines) is 1. The lowest BCUT2D eigenvalue weighted by molar-refractivity contribution is 0.352. The van der Waals surface area contributed by atoms with E-state index in [0.29, 0.717) is 11.7 Å². The van der Waals surface area contributed by atoms with Gasteiger partial charge in [0.2, 0.25) is 0 Å². The predicted octanol–water partition coefficient (Wildman–Crippen LogP) is 7.63. The van der Waals surface area contributed by atoms with Gasteiger partial charge in [0.15, 0.2) is 0 Å². The Morgan fingerprint density at radius 3 is 1.97 bits per heavy atom. The van der Waals surface area contributed by atoms with Gasteiger partial charge in [-0.25, -0.2) is 0 Å². The second kappa shape index (κ2) is 10.6. The molecule has 2 atom stereocenters. The van der Waals surface area contributed by atoms with Crippen LogP contribution in [0.2, 0.25) is 0 Å². The number of nitrogens with one attached hydrogen (secondary N) is 1. The number of phenolic OH excluding ortho intramolecular Hbond substituents is 1. The molecule has 1 aliphatic heterocycles. The lowest BCUT2D eigenvalue weighted by Crippen LogP contribution is -2.27. The fourth-order valence-electron chi connectivity index (χ4n) is 5.06. The number of phenols is 1. The number of aromatic hydroxyl groups is 1. The van der Waals surface area contributed by atoms with Gasteiger partial charge in [0.05, 0.1) is 5.84 Å². The van der Waals surface area contributed by atoms with E-state index < -0.39 is 0 Å². The zero-order valence-corrected chi connectivity index (χ0v) is 23.2. The van der Waals surface area contributed by atoms with Crippen LogP contribution in [0.4, 0.5) is 0 Å². The normalized spacial score (nSPS) is 19.0. The number of nitrogens with zero attached hydrogens (tertiary/aromatic N) is 1. The van der Waals surface area contributed by atoms with Gasteiger partial charge >= 0.3 is 0 Å². The molecule has 0 aromatic heterocycles. The van der Waals surface area contributed by atoms with E-state index in [-0.39, 0.29) is 33.7 Å². The molecule has 1 heterocycles. The van der Waals surface area contributed by atoms with Crippen LogP contribution in [-0.2, 0) is 23.8 Å². The molecule has 4 heteroatoms. The highest BCUT2D eigenvalue weighted by molar-refractivity contribution is 8.93. The van der Waals surface area contributed by atoms with E-state index in [4.69, 9.17) is 5.41 Å². The van der Waals surface area contributed by atoms with Crippen LogP contribution in [0.5, 0.6) is 5.75 Å². The number of hydrogen-bond acceptors (Lipinski definition) is 2. The maximum Gasteiger partial charge on any atom is 0.123 e. The molecule has 2 aromatic rings. The van der Waals surface area contributed by atoms with E-state index in [1.165, 1.54) is 11.1 Å². The summed E-state index contributed by atoms with van der Waals surface area (Å²) in [6, 6.07) is 14.9. The molecule has 0 radical (unpaired) electrons. The molecule has 1 fully saturated rings. The minimum absolute atomic E-state index is 0. The summed E-state index contributed by atoms with van der Waals surface area (Å²) in [6.45, 7) is 16.9. The second-order valence-electron chi connectivity index (χ2n) is 11.7. The highest BCUT2D eigenvalue weighted by Gasteiger charge is 2.37. The molecule has 2 aromatic carbocycles. The SMILES string of the molecule is Br.CCC[C@H]1CN(Cc2cc(C(C)(C)C)c(O)c(C(C)(C)C)c2)C(=N)[C@@H]1Cc1ccccc1. The van der Waals surface area contributed by atoms with Crippen LogP contribution in [0.15, 0.2) is 42.5 Å². The van der Waals surface area contributed by atoms with Crippen molar-refractivity contribution in [2.75, 3.05) is 6.54 Å². The van der Waals surface area contributed by atoms with E-state index in [1.54, 1.807) is 0 Å². The summed E-state index contributed by atoms with van der Waals surface area (Å²) in [7, 11) is 0. The van der Waals surface area contributed by atoms with Crippen molar-refractivity contribution in [3.63, 3.8) is 0 Å². The van der Waals surface area contributed by atoms with Gasteiger partial charge in [-0.3, -0.25) is 5.41 Å². The zero-order chi connectivity index (χ0) is 23.7. The highest BCUT2D eigenvalue weighted by atomic mass is 79.9. The number of amidine groups is 1. The Morgan fingerprint density at radius 1 is 0.939 bits per heavy atom. The van der Waals surface area contributed by atoms with Gasteiger partial charge in [-0.05, 0) is 64.0 Å². The van der Waals surface area contributed by atoms with Gasteiger partial charge in [0.25, 0.3) is 0 Å². The molecule has 0 spiro atoms. The molecular formula is C29H43BrN2O. The molecule has 0 unspecified atom stereocenters. The third kappa shape index (κ3) is 6.41. The fourth-order valence-corrected chi connectivity index (χ4v) is 5.06. The van der Waals surface area contributed by atoms with Gasteiger partial charge in [-0.15, -0.1) is 17.0 Å². The summed E-state index contributed by atoms with van der Waals surface area (Å²) in [5, 5.41) is 20.1. The highest BCUT2D eigenvalue weighted by Crippen LogP contribution is 2.41. The summed E-state index contributed by atoms with van der Waals surface area (Å²) in [5.74, 6) is 2.00. The molecular weight excluding hydrogens is 472 g/mol. The second-order valence-corrected chi connectivity index (χ2v) is 11.7. The number of hydrogen-bond donors (Lipinski definition) is 2. The van der Waals surface area contributed by atoms with E-state index in [0.717, 1.165) is 49.3 Å². The molecule has 0 saturated carbocycles. The standard InChI is InChI=1S/C29H42N2O.BrH/c1-8-12-22-19-31(27(30)23(22)15-20-13-10-9-11-14-20)18-21-16-24(28(2,3)4)26(32)25(17-21)29(5,6)7;/h9-11,13-14,16-17,22-23,30,32H,8,12,15,18-19H2,1-7H3;1H/t22-,23+;/m0./s1. The van der Waals surface area contributed by atoms with Gasteiger partial charge in [-0.1, -0.05) is 85.2 Å². The van der Waals surface area contributed by atoms with Crippen LogP contribution in [0.3, 0.4) is 0 Å². The average Bonchev–Trinajstić information content (AvgIpc) is 2.97. The summed E-state index contributed by atoms with van der Waals surface area (Å²) in [5.41, 5.74) is 4.23. The molecule has 3 rings (SSSR count). The zero-order valence-electron chi connectivity index (χ0n) is 21.5. The van der Waals surface area contributed by atoms with Crippen molar-refractivity contribution >= 4 is 22.8 Å². The Bertz CT molecular complexity index is 905. The lowest BCUT2D eigenvalue weighted by Gasteiger charge is -2.29. The Morgan fingerprint density at radius 2 is 1.48 bits per heavy atom. The third-order valence-electron chi connectivity index (χ3n) is 6.83. The molecule has 0 aliphatic carbocycles. The first-order valence-corrected chi connectivity index (χ1v) is 12.2. The van der Waals surface area contributed by atoms with Crippen LogP contribution >= 0.6 is 17.0 Å². The quantitative estimate of drug-likeness (QED) is 0.415. The van der Waals surface area contributed by atoms with Crippen molar-refractivity contribution in [3.8, 4) is 5.75 Å². The van der Waals surface area contributed by atoms with Crippen molar-refractivity contribution in [3.05, 3.63) is 64.7 Å². The van der Waals surface area contributed by atoms with Crippen LogP contribution in [0.25, 0.3) is 0 Å². The summed E-state index contributed by atoms with van der Waals surface area (Å²) in [4.78, 5) is 2.28. The summed E-state index contributed by atoms with van der Waals surface area (Å²) < 4.78 is 0. The Balaban J connectivity index is 0.00000385. The molecule has 0 amide bonds. The van der Waals surface area contributed by atoms with Crippen molar-refractivity contribution in [1.82, 2.24) is 4.90 Å². The molecule has 1 saturated heterocycles. The number of halogens is 1. The fraction of sp³-hybridized carbons (Fsp3) is 0.552. The van der Waals surface area contributed by atoms with Gasteiger partial charge in [0, 0.05) is 19.0 Å². The summed E-state index contributed by atoms with van der Waals surface area (Å²) in [6.07, 6.45) is 3.25. The van der Waals surface area contributed by atoms with E-state index in [1.807, 2.05) is 0 Å².